The zero-order valence-electron chi connectivity index (χ0n) is 10.0. The van der Waals surface area contributed by atoms with Gasteiger partial charge in [0.05, 0.1) is 0 Å². The second kappa shape index (κ2) is 5.29. The molecule has 0 amide bonds. The van der Waals surface area contributed by atoms with Gasteiger partial charge in [-0.3, -0.25) is 9.69 Å². The highest BCUT2D eigenvalue weighted by Gasteiger charge is 2.24. The van der Waals surface area contributed by atoms with E-state index in [0.29, 0.717) is 13.1 Å². The van der Waals surface area contributed by atoms with E-state index in [1.807, 2.05) is 19.1 Å². The van der Waals surface area contributed by atoms with Gasteiger partial charge in [-0.15, -0.1) is 0 Å². The van der Waals surface area contributed by atoms with Crippen LogP contribution in [0.4, 0.5) is 0 Å². The summed E-state index contributed by atoms with van der Waals surface area (Å²) < 4.78 is 0. The smallest absolute Gasteiger partial charge is 0.322 e. The van der Waals surface area contributed by atoms with Gasteiger partial charge >= 0.3 is 5.97 Å². The fourth-order valence-corrected chi connectivity index (χ4v) is 2.27. The average molecular weight is 234 g/mol. The summed E-state index contributed by atoms with van der Waals surface area (Å²) in [6.45, 7) is 4.86. The van der Waals surface area contributed by atoms with Crippen molar-refractivity contribution in [2.45, 2.75) is 26.1 Å². The van der Waals surface area contributed by atoms with Crippen LogP contribution in [0.3, 0.4) is 0 Å². The number of likely N-dealkylation sites (N-methyl/N-ethyl adjacent to an activating group) is 1. The highest BCUT2D eigenvalue weighted by atomic mass is 16.4. The van der Waals surface area contributed by atoms with Crippen molar-refractivity contribution in [3.63, 3.8) is 0 Å². The Balaban J connectivity index is 1.96. The standard InChI is InChI=1S/C13H18N2O2/c1-2-14-12(13(16)17)9-15-7-10-5-3-4-6-11(10)8-15/h3-6,12,14H,2,7-9H2,1H3,(H,16,17). The molecule has 2 N–H and O–H groups in total. The molecule has 4 heteroatoms. The highest BCUT2D eigenvalue weighted by molar-refractivity contribution is 5.73. The lowest BCUT2D eigenvalue weighted by Crippen LogP contribution is -2.44. The molecule has 0 saturated carbocycles. The van der Waals surface area contributed by atoms with E-state index < -0.39 is 12.0 Å². The molecule has 0 spiro atoms. The van der Waals surface area contributed by atoms with Crippen LogP contribution < -0.4 is 5.32 Å². The first-order valence-corrected chi connectivity index (χ1v) is 5.96. The molecule has 2 rings (SSSR count). The Kier molecular flexibility index (Phi) is 3.76. The van der Waals surface area contributed by atoms with Gasteiger partial charge < -0.3 is 10.4 Å². The van der Waals surface area contributed by atoms with Crippen molar-refractivity contribution in [3.8, 4) is 0 Å². The Morgan fingerprint density at radius 2 is 2.00 bits per heavy atom. The van der Waals surface area contributed by atoms with Crippen molar-refractivity contribution >= 4 is 5.97 Å². The van der Waals surface area contributed by atoms with E-state index in [1.165, 1.54) is 11.1 Å². The molecular weight excluding hydrogens is 216 g/mol. The number of nitrogens with zero attached hydrogens (tertiary/aromatic N) is 1. The molecule has 0 aliphatic carbocycles. The number of hydrogen-bond acceptors (Lipinski definition) is 3. The number of hydrogen-bond donors (Lipinski definition) is 2. The molecule has 17 heavy (non-hydrogen) atoms. The maximum Gasteiger partial charge on any atom is 0.322 e. The molecule has 1 aliphatic heterocycles. The summed E-state index contributed by atoms with van der Waals surface area (Å²) >= 11 is 0. The van der Waals surface area contributed by atoms with Crippen LogP contribution in [0, 0.1) is 0 Å². The van der Waals surface area contributed by atoms with E-state index in [0.717, 1.165) is 13.1 Å². The van der Waals surface area contributed by atoms with Crippen LogP contribution in [-0.4, -0.2) is 35.1 Å². The van der Waals surface area contributed by atoms with Crippen molar-refractivity contribution in [2.75, 3.05) is 13.1 Å². The Labute approximate surface area is 101 Å². The molecule has 0 radical (unpaired) electrons. The first kappa shape index (κ1) is 12.1. The molecule has 1 aromatic carbocycles. The van der Waals surface area contributed by atoms with E-state index >= 15 is 0 Å². The zero-order valence-corrected chi connectivity index (χ0v) is 10.0. The first-order chi connectivity index (χ1) is 8.20. The van der Waals surface area contributed by atoms with Crippen molar-refractivity contribution in [1.82, 2.24) is 10.2 Å². The average Bonchev–Trinajstić information content (AvgIpc) is 2.70. The maximum atomic E-state index is 11.1. The number of carboxylic acid groups (broad SMARTS) is 1. The van der Waals surface area contributed by atoms with E-state index in [1.54, 1.807) is 0 Å². The molecular formula is C13H18N2O2. The molecule has 92 valence electrons. The summed E-state index contributed by atoms with van der Waals surface area (Å²) in [5.74, 6) is -0.775. The normalized spacial score (nSPS) is 16.8. The van der Waals surface area contributed by atoms with Gasteiger partial charge in [0.15, 0.2) is 0 Å². The Bertz CT molecular complexity index is 381. The summed E-state index contributed by atoms with van der Waals surface area (Å²) in [5.41, 5.74) is 2.63. The van der Waals surface area contributed by atoms with Gasteiger partial charge in [-0.25, -0.2) is 0 Å². The fraction of sp³-hybridized carbons (Fsp3) is 0.462. The van der Waals surface area contributed by atoms with Crippen LogP contribution in [0.5, 0.6) is 0 Å². The lowest BCUT2D eigenvalue weighted by Gasteiger charge is -2.20. The second-order valence-electron chi connectivity index (χ2n) is 4.39. The van der Waals surface area contributed by atoms with Crippen LogP contribution in [0.25, 0.3) is 0 Å². The molecule has 4 nitrogen and oxygen atoms in total. The summed E-state index contributed by atoms with van der Waals surface area (Å²) in [6, 6.07) is 7.80. The summed E-state index contributed by atoms with van der Waals surface area (Å²) in [5, 5.41) is 12.1. The number of carboxylic acids is 1. The largest absolute Gasteiger partial charge is 0.480 e. The third kappa shape index (κ3) is 2.84. The zero-order chi connectivity index (χ0) is 12.3. The van der Waals surface area contributed by atoms with E-state index in [-0.39, 0.29) is 0 Å². The third-order valence-electron chi connectivity index (χ3n) is 3.10. The third-order valence-corrected chi connectivity index (χ3v) is 3.10. The van der Waals surface area contributed by atoms with Crippen molar-refractivity contribution in [3.05, 3.63) is 35.4 Å². The van der Waals surface area contributed by atoms with Crippen molar-refractivity contribution in [1.29, 1.82) is 0 Å². The SMILES string of the molecule is CCNC(CN1Cc2ccccc2C1)C(=O)O. The fourth-order valence-electron chi connectivity index (χ4n) is 2.27. The lowest BCUT2D eigenvalue weighted by atomic mass is 10.1. The van der Waals surface area contributed by atoms with Crippen LogP contribution in [-0.2, 0) is 17.9 Å². The summed E-state index contributed by atoms with van der Waals surface area (Å²) in [4.78, 5) is 13.2. The Hall–Kier alpha value is -1.39. The number of rotatable bonds is 5. The number of benzene rings is 1. The van der Waals surface area contributed by atoms with Gasteiger partial charge in [0.25, 0.3) is 0 Å². The van der Waals surface area contributed by atoms with Gasteiger partial charge in [-0.2, -0.15) is 0 Å². The quantitative estimate of drug-likeness (QED) is 0.800. The summed E-state index contributed by atoms with van der Waals surface area (Å²) in [7, 11) is 0. The maximum absolute atomic E-state index is 11.1. The van der Waals surface area contributed by atoms with Gasteiger partial charge in [0.1, 0.15) is 6.04 Å². The van der Waals surface area contributed by atoms with Gasteiger partial charge in [0, 0.05) is 19.6 Å². The Morgan fingerprint density at radius 1 is 1.41 bits per heavy atom. The predicted molar refractivity (Wildman–Crippen MR) is 65.7 cm³/mol. The first-order valence-electron chi connectivity index (χ1n) is 5.96. The number of nitrogens with one attached hydrogen (secondary N) is 1. The van der Waals surface area contributed by atoms with E-state index in [2.05, 4.69) is 22.3 Å². The van der Waals surface area contributed by atoms with Gasteiger partial charge in [0.2, 0.25) is 0 Å². The monoisotopic (exact) mass is 234 g/mol. The minimum atomic E-state index is -0.775. The highest BCUT2D eigenvalue weighted by Crippen LogP contribution is 2.21. The van der Waals surface area contributed by atoms with E-state index in [9.17, 15) is 4.79 Å². The van der Waals surface area contributed by atoms with E-state index in [4.69, 9.17) is 5.11 Å². The topological polar surface area (TPSA) is 52.6 Å². The molecule has 0 bridgehead atoms. The Morgan fingerprint density at radius 3 is 2.47 bits per heavy atom. The van der Waals surface area contributed by atoms with Crippen molar-refractivity contribution in [2.24, 2.45) is 0 Å². The minimum absolute atomic E-state index is 0.477. The van der Waals surface area contributed by atoms with Crippen LogP contribution in [0.15, 0.2) is 24.3 Å². The number of carbonyl (C=O) groups is 1. The van der Waals surface area contributed by atoms with Gasteiger partial charge in [-0.05, 0) is 17.7 Å². The van der Waals surface area contributed by atoms with Gasteiger partial charge in [-0.1, -0.05) is 31.2 Å². The second-order valence-corrected chi connectivity index (χ2v) is 4.39. The lowest BCUT2D eigenvalue weighted by molar-refractivity contribution is -0.140. The molecule has 0 fully saturated rings. The number of fused-ring (bicyclic) bond motifs is 1. The van der Waals surface area contributed by atoms with Crippen LogP contribution in [0.2, 0.25) is 0 Å². The van der Waals surface area contributed by atoms with Crippen LogP contribution in [0.1, 0.15) is 18.1 Å². The molecule has 1 aliphatic rings. The molecule has 1 heterocycles. The summed E-state index contributed by atoms with van der Waals surface area (Å²) in [6.07, 6.45) is 0. The molecule has 0 saturated heterocycles. The van der Waals surface area contributed by atoms with Crippen LogP contribution >= 0.6 is 0 Å². The number of aliphatic carboxylic acids is 1. The minimum Gasteiger partial charge on any atom is -0.480 e. The molecule has 1 unspecified atom stereocenters. The predicted octanol–water partition coefficient (Wildman–Crippen LogP) is 1.06. The molecule has 1 atom stereocenters. The van der Waals surface area contributed by atoms with Crippen molar-refractivity contribution < 1.29 is 9.90 Å². The molecule has 0 aromatic heterocycles. The molecule has 1 aromatic rings.